The first kappa shape index (κ1) is 17.1. The summed E-state index contributed by atoms with van der Waals surface area (Å²) in [6.45, 7) is 3.04. The summed E-state index contributed by atoms with van der Waals surface area (Å²) in [7, 11) is 1.50. The molecular formula is C18H14IN3OS2. The molecule has 0 radical (unpaired) electrons. The number of fused-ring (bicyclic) bond motifs is 3. The van der Waals surface area contributed by atoms with Gasteiger partial charge in [0.25, 0.3) is 0 Å². The molecule has 0 saturated carbocycles. The third-order valence-corrected chi connectivity index (χ3v) is 6.11. The van der Waals surface area contributed by atoms with E-state index in [4.69, 9.17) is 4.74 Å². The van der Waals surface area contributed by atoms with Gasteiger partial charge in [0.05, 0.1) is 11.5 Å². The fourth-order valence-electron chi connectivity index (χ4n) is 2.98. The van der Waals surface area contributed by atoms with Gasteiger partial charge in [0, 0.05) is 26.8 Å². The first-order valence-electron chi connectivity index (χ1n) is 7.74. The number of aromatic nitrogens is 3. The van der Waals surface area contributed by atoms with Crippen LogP contribution < -0.4 is 0 Å². The Morgan fingerprint density at radius 1 is 1.28 bits per heavy atom. The van der Waals surface area contributed by atoms with Gasteiger partial charge in [-0.05, 0) is 44.6 Å². The molecule has 0 bridgehead atoms. The van der Waals surface area contributed by atoms with Gasteiger partial charge in [-0.25, -0.2) is 0 Å². The Bertz CT molecular complexity index is 970. The van der Waals surface area contributed by atoms with E-state index in [0.29, 0.717) is 13.2 Å². The van der Waals surface area contributed by atoms with Crippen LogP contribution in [0.3, 0.4) is 0 Å². The van der Waals surface area contributed by atoms with Crippen molar-refractivity contribution < 1.29 is 4.74 Å². The highest BCUT2D eigenvalue weighted by atomic mass is 127. The van der Waals surface area contributed by atoms with Crippen molar-refractivity contribution in [2.45, 2.75) is 26.6 Å². The maximum atomic E-state index is 5.89. The smallest absolute Gasteiger partial charge is 0.164 e. The minimum Gasteiger partial charge on any atom is -0.369 e. The van der Waals surface area contributed by atoms with Gasteiger partial charge in [-0.3, -0.25) is 4.57 Å². The molecule has 1 aliphatic rings. The maximum absolute atomic E-state index is 5.89. The fraction of sp³-hybridized carbons (Fsp3) is 0.222. The normalized spacial score (nSPS) is 12.7. The van der Waals surface area contributed by atoms with Gasteiger partial charge in [0.2, 0.25) is 0 Å². The molecule has 1 aliphatic heterocycles. The summed E-state index contributed by atoms with van der Waals surface area (Å²) in [5, 5.41) is 12.7. The van der Waals surface area contributed by atoms with E-state index in [-0.39, 0.29) is 0 Å². The lowest BCUT2D eigenvalue weighted by Gasteiger charge is -2.06. The molecule has 3 heterocycles. The standard InChI is InChI=1S/C18H14IN3OS2/c1-12-20-21-17-11-23-10-15-14(9-13-5-3-2-4-6-13)16(7-8-24-19)25-18(15)22(12)17/h2-6H,9-11H2,1H3. The van der Waals surface area contributed by atoms with Crippen molar-refractivity contribution in [3.63, 3.8) is 0 Å². The molecule has 0 amide bonds. The predicted octanol–water partition coefficient (Wildman–Crippen LogP) is 4.65. The van der Waals surface area contributed by atoms with E-state index in [1.165, 1.54) is 25.6 Å². The van der Waals surface area contributed by atoms with Crippen molar-refractivity contribution in [1.82, 2.24) is 14.8 Å². The van der Waals surface area contributed by atoms with Crippen LogP contribution in [0.4, 0.5) is 0 Å². The second kappa shape index (κ2) is 7.50. The molecule has 0 saturated heterocycles. The summed E-state index contributed by atoms with van der Waals surface area (Å²) in [4.78, 5) is 1.10. The Morgan fingerprint density at radius 2 is 2.12 bits per heavy atom. The molecule has 0 N–H and O–H groups in total. The van der Waals surface area contributed by atoms with Crippen LogP contribution >= 0.6 is 41.5 Å². The Kier molecular flexibility index (Phi) is 5.12. The lowest BCUT2D eigenvalue weighted by molar-refractivity contribution is 0.104. The van der Waals surface area contributed by atoms with Gasteiger partial charge in [0.15, 0.2) is 5.82 Å². The second-order valence-corrected chi connectivity index (χ2v) is 8.33. The van der Waals surface area contributed by atoms with E-state index >= 15 is 0 Å². The number of hydrogen-bond donors (Lipinski definition) is 0. The number of hydrogen-bond acceptors (Lipinski definition) is 5. The quantitative estimate of drug-likeness (QED) is 0.397. The number of halogens is 1. The molecule has 4 nitrogen and oxygen atoms in total. The van der Waals surface area contributed by atoms with Crippen LogP contribution in [-0.4, -0.2) is 14.8 Å². The Balaban J connectivity index is 1.88. The zero-order chi connectivity index (χ0) is 17.2. The topological polar surface area (TPSA) is 39.9 Å². The van der Waals surface area contributed by atoms with Gasteiger partial charge >= 0.3 is 0 Å². The van der Waals surface area contributed by atoms with Crippen LogP contribution in [0.1, 0.15) is 33.2 Å². The molecule has 0 atom stereocenters. The Hall–Kier alpha value is -1.34. The van der Waals surface area contributed by atoms with E-state index in [9.17, 15) is 0 Å². The van der Waals surface area contributed by atoms with Gasteiger partial charge in [0.1, 0.15) is 17.4 Å². The zero-order valence-electron chi connectivity index (χ0n) is 13.5. The molecule has 126 valence electrons. The molecule has 0 fully saturated rings. The molecule has 0 unspecified atom stereocenters. The molecule has 3 aromatic rings. The second-order valence-electron chi connectivity index (χ2n) is 5.65. The fourth-order valence-corrected chi connectivity index (χ4v) is 4.76. The predicted molar refractivity (Wildman–Crippen MR) is 110 cm³/mol. The first-order chi connectivity index (χ1) is 12.3. The van der Waals surface area contributed by atoms with Crippen LogP contribution in [0.15, 0.2) is 30.3 Å². The number of benzene rings is 1. The number of aryl methyl sites for hydroxylation is 1. The van der Waals surface area contributed by atoms with Gasteiger partial charge in [-0.1, -0.05) is 30.3 Å². The summed E-state index contributed by atoms with van der Waals surface area (Å²) in [6, 6.07) is 10.5. The molecule has 0 spiro atoms. The molecule has 7 heteroatoms. The summed E-state index contributed by atoms with van der Waals surface area (Å²) in [5.41, 5.74) is 3.74. The van der Waals surface area contributed by atoms with E-state index in [0.717, 1.165) is 27.9 Å². The van der Waals surface area contributed by atoms with Crippen molar-refractivity contribution in [3.05, 3.63) is 63.5 Å². The number of ether oxygens (including phenoxy) is 1. The van der Waals surface area contributed by atoms with Crippen molar-refractivity contribution in [2.24, 2.45) is 0 Å². The highest BCUT2D eigenvalue weighted by Gasteiger charge is 2.25. The van der Waals surface area contributed by atoms with E-state index in [1.807, 2.05) is 13.0 Å². The monoisotopic (exact) mass is 479 g/mol. The van der Waals surface area contributed by atoms with Crippen molar-refractivity contribution >= 4 is 41.5 Å². The van der Waals surface area contributed by atoms with Crippen LogP contribution in [0.2, 0.25) is 0 Å². The Labute approximate surface area is 166 Å². The minimum absolute atomic E-state index is 0.484. The van der Waals surface area contributed by atoms with Crippen molar-refractivity contribution in [2.75, 3.05) is 0 Å². The molecule has 2 aromatic heterocycles. The highest BCUT2D eigenvalue weighted by Crippen LogP contribution is 2.36. The van der Waals surface area contributed by atoms with Gasteiger partial charge in [-0.15, -0.1) is 21.5 Å². The Morgan fingerprint density at radius 3 is 2.92 bits per heavy atom. The first-order valence-corrected chi connectivity index (χ1v) is 11.9. The minimum atomic E-state index is 0.484. The third kappa shape index (κ3) is 3.36. The average Bonchev–Trinajstić information content (AvgIpc) is 3.08. The summed E-state index contributed by atoms with van der Waals surface area (Å²) in [6.07, 6.45) is 0.850. The zero-order valence-corrected chi connectivity index (χ0v) is 17.2. The van der Waals surface area contributed by atoms with Crippen LogP contribution in [0.5, 0.6) is 0 Å². The summed E-state index contributed by atoms with van der Waals surface area (Å²) < 4.78 is 8.00. The lowest BCUT2D eigenvalue weighted by atomic mass is 10.0. The van der Waals surface area contributed by atoms with Crippen molar-refractivity contribution in [1.29, 1.82) is 0 Å². The van der Waals surface area contributed by atoms with Crippen molar-refractivity contribution in [3.8, 4) is 16.2 Å². The number of thiophene rings is 1. The number of rotatable bonds is 2. The van der Waals surface area contributed by atoms with E-state index in [2.05, 4.69) is 71.4 Å². The van der Waals surface area contributed by atoms with Gasteiger partial charge < -0.3 is 4.74 Å². The largest absolute Gasteiger partial charge is 0.369 e. The third-order valence-electron chi connectivity index (χ3n) is 4.09. The van der Waals surface area contributed by atoms with Gasteiger partial charge in [-0.2, -0.15) is 0 Å². The molecule has 1 aromatic carbocycles. The van der Waals surface area contributed by atoms with Crippen LogP contribution in [0.25, 0.3) is 5.00 Å². The average molecular weight is 479 g/mol. The summed E-state index contributed by atoms with van der Waals surface area (Å²) in [5.74, 6) is 5.06. The maximum Gasteiger partial charge on any atom is 0.164 e. The highest BCUT2D eigenvalue weighted by molar-refractivity contribution is 14.2. The summed E-state index contributed by atoms with van der Waals surface area (Å²) >= 11 is 3.91. The molecular weight excluding hydrogens is 465 g/mol. The molecule has 25 heavy (non-hydrogen) atoms. The molecule has 4 rings (SSSR count). The number of nitrogens with zero attached hydrogens (tertiary/aromatic N) is 3. The van der Waals surface area contributed by atoms with Crippen LogP contribution in [-0.2, 0) is 24.4 Å². The lowest BCUT2D eigenvalue weighted by Crippen LogP contribution is -2.00. The van der Waals surface area contributed by atoms with Crippen LogP contribution in [0, 0.1) is 18.1 Å². The van der Waals surface area contributed by atoms with E-state index in [1.54, 1.807) is 11.3 Å². The van der Waals surface area contributed by atoms with E-state index < -0.39 is 0 Å². The molecule has 0 aliphatic carbocycles. The SMILES string of the molecule is Cc1nnc2n1-c1sc(C#CSI)c(Cc3ccccc3)c1COC2.